The molecule has 2 N–H and O–H groups in total. The molecule has 0 fully saturated rings. The van der Waals surface area contributed by atoms with Gasteiger partial charge in [0, 0.05) is 35.8 Å². The molecule has 0 aliphatic rings. The quantitative estimate of drug-likeness (QED) is 0.0517. The molecular formula is C45H54N3O14PS2. The van der Waals surface area contributed by atoms with Crippen LogP contribution in [0.1, 0.15) is 74.4 Å². The van der Waals surface area contributed by atoms with Crippen molar-refractivity contribution in [1.29, 1.82) is 0 Å². The third-order valence-electron chi connectivity index (χ3n) is 8.86. The summed E-state index contributed by atoms with van der Waals surface area (Å²) in [6, 6.07) is 21.4. The molecule has 0 bridgehead atoms. The van der Waals surface area contributed by atoms with E-state index in [-0.39, 0.29) is 70.5 Å². The number of rotatable bonds is 21. The number of hydrogen-bond acceptors (Lipinski definition) is 16. The molecule has 1 heterocycles. The first-order valence-corrected chi connectivity index (χ1v) is 25.9. The molecule has 65 heavy (non-hydrogen) atoms. The fourth-order valence-electron chi connectivity index (χ4n) is 5.51. The number of Topliss-reactive ketones (excluding diaryl/α,β-unsaturated/α-hetero) is 1. The van der Waals surface area contributed by atoms with Crippen molar-refractivity contribution in [2.24, 2.45) is 0 Å². The first-order valence-electron chi connectivity index (χ1n) is 20.3. The van der Waals surface area contributed by atoms with Crippen LogP contribution in [0.15, 0.2) is 107 Å². The first kappa shape index (κ1) is 51.9. The normalized spacial score (nSPS) is 12.5. The van der Waals surface area contributed by atoms with E-state index in [1.807, 2.05) is 13.8 Å². The number of ketones is 1. The van der Waals surface area contributed by atoms with E-state index in [9.17, 15) is 36.1 Å². The zero-order valence-corrected chi connectivity index (χ0v) is 39.9. The highest BCUT2D eigenvalue weighted by Gasteiger charge is 2.25. The largest absolute Gasteiger partial charge is 0.491 e. The number of hydrogen-bond donors (Lipinski definition) is 2. The minimum Gasteiger partial charge on any atom is -0.491 e. The van der Waals surface area contributed by atoms with Crippen LogP contribution in [0.3, 0.4) is 0 Å². The average molecular weight is 956 g/mol. The summed E-state index contributed by atoms with van der Waals surface area (Å²) in [5.74, 6) is 1.84. The van der Waals surface area contributed by atoms with Crippen LogP contribution >= 0.6 is 7.60 Å². The summed E-state index contributed by atoms with van der Waals surface area (Å²) in [5, 5.41) is 12.0. The molecule has 20 heteroatoms. The van der Waals surface area contributed by atoms with E-state index < -0.39 is 39.3 Å². The van der Waals surface area contributed by atoms with E-state index in [0.29, 0.717) is 34.3 Å². The summed E-state index contributed by atoms with van der Waals surface area (Å²) in [7, 11) is -9.99. The summed E-state index contributed by atoms with van der Waals surface area (Å²) in [6.07, 6.45) is 5.19. The fourth-order valence-corrected chi connectivity index (χ4v) is 8.37. The van der Waals surface area contributed by atoms with Gasteiger partial charge < -0.3 is 38.4 Å². The molecule has 4 aromatic carbocycles. The molecule has 0 saturated carbocycles. The number of carbonyl (C=O) groups excluding carboxylic acids is 2. The van der Waals surface area contributed by atoms with Crippen LogP contribution in [0.2, 0.25) is 0 Å². The molecule has 0 aliphatic carbocycles. The molecule has 5 aromatic rings. The molecule has 0 radical (unpaired) electrons. The van der Waals surface area contributed by atoms with Crippen molar-refractivity contribution in [2.75, 3.05) is 37.6 Å². The van der Waals surface area contributed by atoms with Gasteiger partial charge in [0.25, 0.3) is 5.91 Å². The molecule has 1 amide bonds. The standard InChI is InChI=1S/C26H32N3O9PS.C19H22O5S/c1-5-35-39(32,36-6-2)17-20-14-28-25(15-27-20)29-26(31)19-11-22(37-18(3)16-30)13-23(12-19)38-21-7-9-24(10-8-21)40(4,33)34;1-5-13(2)23-17-10-15(14(3)20)11-18(12-17)24-16-6-8-19(9-7-16)25(4,21)22/h7-15,18,30H,5-6,16-17H2,1-4H3,(H,28,29,31);6-13H,5H2,1-4H3/t18-;13-/m00/s1. The van der Waals surface area contributed by atoms with Crippen LogP contribution in [0.25, 0.3) is 0 Å². The summed E-state index contributed by atoms with van der Waals surface area (Å²) in [4.78, 5) is 33.6. The lowest BCUT2D eigenvalue weighted by molar-refractivity contribution is 0.101. The maximum absolute atomic E-state index is 13.1. The molecule has 0 spiro atoms. The van der Waals surface area contributed by atoms with E-state index in [2.05, 4.69) is 15.3 Å². The van der Waals surface area contributed by atoms with Gasteiger partial charge in [0.1, 0.15) is 40.6 Å². The van der Waals surface area contributed by atoms with Gasteiger partial charge in [-0.15, -0.1) is 0 Å². The molecule has 0 unspecified atom stereocenters. The van der Waals surface area contributed by atoms with Gasteiger partial charge in [-0.1, -0.05) is 6.92 Å². The molecule has 2 atom stereocenters. The number of amides is 1. The van der Waals surface area contributed by atoms with Gasteiger partial charge in [-0.2, -0.15) is 0 Å². The van der Waals surface area contributed by atoms with Crippen LogP contribution in [0.5, 0.6) is 34.5 Å². The predicted octanol–water partition coefficient (Wildman–Crippen LogP) is 8.71. The molecule has 350 valence electrons. The van der Waals surface area contributed by atoms with E-state index in [4.69, 9.17) is 28.0 Å². The van der Waals surface area contributed by atoms with Gasteiger partial charge in [-0.3, -0.25) is 19.1 Å². The average Bonchev–Trinajstić information content (AvgIpc) is 3.24. The number of aliphatic hydroxyl groups is 1. The Kier molecular flexibility index (Phi) is 18.8. The summed E-state index contributed by atoms with van der Waals surface area (Å²) < 4.78 is 92.8. The molecule has 0 aliphatic heterocycles. The second-order valence-electron chi connectivity index (χ2n) is 14.5. The first-order chi connectivity index (χ1) is 30.6. The maximum atomic E-state index is 13.1. The van der Waals surface area contributed by atoms with Gasteiger partial charge in [0.2, 0.25) is 0 Å². The Bertz CT molecular complexity index is 2650. The number of anilines is 1. The van der Waals surface area contributed by atoms with Crippen molar-refractivity contribution in [1.82, 2.24) is 9.97 Å². The topological polar surface area (TPSA) is 233 Å². The van der Waals surface area contributed by atoms with Gasteiger partial charge >= 0.3 is 7.60 Å². The number of sulfone groups is 2. The fraction of sp³-hybridized carbons (Fsp3) is 0.333. The van der Waals surface area contributed by atoms with E-state index in [1.165, 1.54) is 73.9 Å². The number of aliphatic hydroxyl groups excluding tert-OH is 1. The summed E-state index contributed by atoms with van der Waals surface area (Å²) >= 11 is 0. The third kappa shape index (κ3) is 16.7. The Morgan fingerprint density at radius 1 is 0.662 bits per heavy atom. The number of aromatic nitrogens is 2. The monoisotopic (exact) mass is 955 g/mol. The Hall–Kier alpha value is -5.69. The minimum absolute atomic E-state index is 0.0177. The lowest BCUT2D eigenvalue weighted by atomic mass is 10.1. The zero-order valence-electron chi connectivity index (χ0n) is 37.3. The molecule has 5 rings (SSSR count). The van der Waals surface area contributed by atoms with E-state index >= 15 is 0 Å². The van der Waals surface area contributed by atoms with Crippen molar-refractivity contribution in [3.8, 4) is 34.5 Å². The lowest BCUT2D eigenvalue weighted by Gasteiger charge is -2.16. The van der Waals surface area contributed by atoms with Gasteiger partial charge in [-0.25, -0.2) is 21.8 Å². The number of ether oxygens (including phenoxy) is 4. The highest BCUT2D eigenvalue weighted by Crippen LogP contribution is 2.50. The highest BCUT2D eigenvalue weighted by molar-refractivity contribution is 7.91. The number of carbonyl (C=O) groups is 2. The van der Waals surface area contributed by atoms with Crippen molar-refractivity contribution in [2.45, 2.75) is 76.1 Å². The number of benzene rings is 4. The van der Waals surface area contributed by atoms with Gasteiger partial charge in [0.15, 0.2) is 31.3 Å². The van der Waals surface area contributed by atoms with Crippen molar-refractivity contribution < 1.29 is 64.1 Å². The highest BCUT2D eigenvalue weighted by atomic mass is 32.2. The van der Waals surface area contributed by atoms with Crippen LogP contribution in [0, 0.1) is 0 Å². The Morgan fingerprint density at radius 2 is 1.12 bits per heavy atom. The van der Waals surface area contributed by atoms with Gasteiger partial charge in [0.05, 0.1) is 60.0 Å². The molecule has 17 nitrogen and oxygen atoms in total. The third-order valence-corrected chi connectivity index (χ3v) is 13.1. The van der Waals surface area contributed by atoms with Crippen LogP contribution in [-0.4, -0.2) is 88.1 Å². The Morgan fingerprint density at radius 3 is 1.54 bits per heavy atom. The van der Waals surface area contributed by atoms with Crippen molar-refractivity contribution in [3.05, 3.63) is 114 Å². The maximum Gasteiger partial charge on any atom is 0.336 e. The molecular weight excluding hydrogens is 902 g/mol. The number of nitrogens with zero attached hydrogens (tertiary/aromatic N) is 2. The second-order valence-corrected chi connectivity index (χ2v) is 20.6. The van der Waals surface area contributed by atoms with Gasteiger partial charge in [-0.05, 0) is 114 Å². The predicted molar refractivity (Wildman–Crippen MR) is 244 cm³/mol. The smallest absolute Gasteiger partial charge is 0.336 e. The Balaban J connectivity index is 0.000000317. The van der Waals surface area contributed by atoms with Crippen molar-refractivity contribution in [3.63, 3.8) is 0 Å². The van der Waals surface area contributed by atoms with E-state index in [1.54, 1.807) is 51.1 Å². The summed E-state index contributed by atoms with van der Waals surface area (Å²) in [6.45, 7) is 10.7. The van der Waals surface area contributed by atoms with Crippen molar-refractivity contribution >= 4 is 44.8 Å². The SMILES string of the molecule is CCOP(=O)(Cc1cnc(NC(=O)c2cc(Oc3ccc(S(C)(=O)=O)cc3)cc(O[C@@H](C)CO)c2)cn1)OCC.CC[C@H](C)Oc1cc(Oc2ccc(S(C)(=O)=O)cc2)cc(C(C)=O)c1. The summed E-state index contributed by atoms with van der Waals surface area (Å²) in [5.41, 5.74) is 1.02. The van der Waals surface area contributed by atoms with Crippen LogP contribution in [-0.2, 0) is 39.4 Å². The zero-order chi connectivity index (χ0) is 48.0. The molecule has 1 aromatic heterocycles. The Labute approximate surface area is 379 Å². The molecule has 0 saturated heterocycles. The van der Waals surface area contributed by atoms with Crippen LogP contribution < -0.4 is 24.3 Å². The lowest BCUT2D eigenvalue weighted by Crippen LogP contribution is -2.17. The van der Waals surface area contributed by atoms with E-state index in [0.717, 1.165) is 18.9 Å². The minimum atomic E-state index is -3.37. The van der Waals surface area contributed by atoms with Crippen LogP contribution in [0.4, 0.5) is 5.82 Å². The number of nitrogens with one attached hydrogen (secondary N) is 1. The second kappa shape index (κ2) is 23.5.